The highest BCUT2D eigenvalue weighted by atomic mass is 16.3. The Hall–Kier alpha value is -6.39. The van der Waals surface area contributed by atoms with Crippen molar-refractivity contribution in [3.8, 4) is 56.4 Å². The first kappa shape index (κ1) is 27.0. The second kappa shape index (κ2) is 11.2. The molecule has 0 N–H and O–H groups in total. The molecule has 220 valence electrons. The van der Waals surface area contributed by atoms with E-state index in [4.69, 9.17) is 19.4 Å². The first-order chi connectivity index (χ1) is 23.3. The smallest absolute Gasteiger partial charge is 0.164 e. The van der Waals surface area contributed by atoms with Crippen LogP contribution in [0.2, 0.25) is 0 Å². The van der Waals surface area contributed by atoms with Crippen LogP contribution in [-0.4, -0.2) is 15.0 Å². The highest BCUT2D eigenvalue weighted by Crippen LogP contribution is 2.37. The van der Waals surface area contributed by atoms with E-state index in [9.17, 15) is 0 Å². The lowest BCUT2D eigenvalue weighted by Gasteiger charge is -2.10. The monoisotopic (exact) mass is 601 g/mol. The molecule has 0 aliphatic rings. The van der Waals surface area contributed by atoms with Gasteiger partial charge >= 0.3 is 0 Å². The summed E-state index contributed by atoms with van der Waals surface area (Å²) in [5, 5.41) is 4.35. The SMILES string of the molecule is c1ccc(-c2ccc(-c3ccc(-c4nc(-c5ccc6ccccc6c5)nc(-c5cccc6oc7ccccc7c56)n4)cc3)cc2)cc1. The summed E-state index contributed by atoms with van der Waals surface area (Å²) in [6, 6.07) is 56.4. The molecule has 0 spiro atoms. The number of benzene rings is 7. The van der Waals surface area contributed by atoms with Crippen molar-refractivity contribution < 1.29 is 4.42 Å². The van der Waals surface area contributed by atoms with Crippen LogP contribution in [0.3, 0.4) is 0 Å². The van der Waals surface area contributed by atoms with Crippen LogP contribution in [0.15, 0.2) is 168 Å². The lowest BCUT2D eigenvalue weighted by molar-refractivity contribution is 0.669. The fraction of sp³-hybridized carbons (Fsp3) is 0. The Morgan fingerprint density at radius 3 is 1.62 bits per heavy atom. The summed E-state index contributed by atoms with van der Waals surface area (Å²) in [4.78, 5) is 15.2. The van der Waals surface area contributed by atoms with E-state index in [-0.39, 0.29) is 0 Å². The first-order valence-electron chi connectivity index (χ1n) is 15.7. The minimum absolute atomic E-state index is 0.607. The number of fused-ring (bicyclic) bond motifs is 4. The van der Waals surface area contributed by atoms with Gasteiger partial charge in [-0.05, 0) is 51.2 Å². The quantitative estimate of drug-likeness (QED) is 0.197. The fourth-order valence-corrected chi connectivity index (χ4v) is 6.34. The molecule has 47 heavy (non-hydrogen) atoms. The summed E-state index contributed by atoms with van der Waals surface area (Å²) in [7, 11) is 0. The topological polar surface area (TPSA) is 51.8 Å². The average Bonchev–Trinajstić information content (AvgIpc) is 3.54. The molecule has 0 saturated carbocycles. The summed E-state index contributed by atoms with van der Waals surface area (Å²) in [5.74, 6) is 1.85. The van der Waals surface area contributed by atoms with E-state index in [1.807, 2.05) is 36.4 Å². The molecule has 0 bridgehead atoms. The van der Waals surface area contributed by atoms with Crippen LogP contribution in [0.5, 0.6) is 0 Å². The molecule has 9 rings (SSSR count). The summed E-state index contributed by atoms with van der Waals surface area (Å²) >= 11 is 0. The molecule has 4 heteroatoms. The van der Waals surface area contributed by atoms with Crippen molar-refractivity contribution in [3.05, 3.63) is 164 Å². The van der Waals surface area contributed by atoms with E-state index in [1.165, 1.54) is 16.5 Å². The molecule has 0 aliphatic heterocycles. The van der Waals surface area contributed by atoms with Crippen LogP contribution in [0.25, 0.3) is 89.1 Å². The molecule has 0 amide bonds. The van der Waals surface area contributed by atoms with Crippen molar-refractivity contribution in [1.82, 2.24) is 15.0 Å². The zero-order valence-corrected chi connectivity index (χ0v) is 25.3. The number of aromatic nitrogens is 3. The van der Waals surface area contributed by atoms with E-state index < -0.39 is 0 Å². The van der Waals surface area contributed by atoms with Gasteiger partial charge in [0.2, 0.25) is 0 Å². The highest BCUT2D eigenvalue weighted by molar-refractivity contribution is 6.11. The second-order valence-electron chi connectivity index (χ2n) is 11.7. The number of hydrogen-bond donors (Lipinski definition) is 0. The van der Waals surface area contributed by atoms with Gasteiger partial charge in [0.25, 0.3) is 0 Å². The van der Waals surface area contributed by atoms with Gasteiger partial charge in [0.1, 0.15) is 11.2 Å². The number of hydrogen-bond acceptors (Lipinski definition) is 4. The van der Waals surface area contributed by atoms with E-state index in [0.29, 0.717) is 17.5 Å². The van der Waals surface area contributed by atoms with Crippen LogP contribution < -0.4 is 0 Å². The summed E-state index contributed by atoms with van der Waals surface area (Å²) < 4.78 is 6.21. The molecular weight excluding hydrogens is 574 g/mol. The normalized spacial score (nSPS) is 11.4. The van der Waals surface area contributed by atoms with E-state index >= 15 is 0 Å². The summed E-state index contributed by atoms with van der Waals surface area (Å²) in [6.45, 7) is 0. The average molecular weight is 602 g/mol. The predicted octanol–water partition coefficient (Wildman–Crippen LogP) is 11.3. The molecule has 0 aliphatic carbocycles. The Bertz CT molecular complexity index is 2550. The molecule has 0 saturated heterocycles. The summed E-state index contributed by atoms with van der Waals surface area (Å²) in [5.41, 5.74) is 9.11. The third-order valence-corrected chi connectivity index (χ3v) is 8.75. The van der Waals surface area contributed by atoms with Crippen molar-refractivity contribution >= 4 is 32.7 Å². The van der Waals surface area contributed by atoms with Gasteiger partial charge in [0.15, 0.2) is 17.5 Å². The number of rotatable bonds is 5. The van der Waals surface area contributed by atoms with Gasteiger partial charge in [-0.1, -0.05) is 146 Å². The van der Waals surface area contributed by atoms with Gasteiger partial charge in [0, 0.05) is 27.5 Å². The number of para-hydroxylation sites is 1. The molecule has 9 aromatic rings. The van der Waals surface area contributed by atoms with E-state index in [1.54, 1.807) is 0 Å². The Morgan fingerprint density at radius 1 is 0.340 bits per heavy atom. The molecule has 0 fully saturated rings. The van der Waals surface area contributed by atoms with Gasteiger partial charge in [-0.2, -0.15) is 0 Å². The minimum Gasteiger partial charge on any atom is -0.456 e. The molecule has 2 aromatic heterocycles. The van der Waals surface area contributed by atoms with Crippen molar-refractivity contribution in [2.45, 2.75) is 0 Å². The largest absolute Gasteiger partial charge is 0.456 e. The molecule has 0 radical (unpaired) electrons. The summed E-state index contributed by atoms with van der Waals surface area (Å²) in [6.07, 6.45) is 0. The van der Waals surface area contributed by atoms with E-state index in [0.717, 1.165) is 55.1 Å². The molecule has 4 nitrogen and oxygen atoms in total. The standard InChI is InChI=1S/C43H27N3O/c1-2-9-28(10-3-1)30-17-19-31(20-18-30)32-21-24-33(25-22-32)41-44-42(35-26-23-29-11-4-5-12-34(29)27-35)46-43(45-41)37-14-8-16-39-40(37)36-13-6-7-15-38(36)47-39/h1-27H. The van der Waals surface area contributed by atoms with Gasteiger partial charge in [0.05, 0.1) is 0 Å². The highest BCUT2D eigenvalue weighted by Gasteiger charge is 2.18. The zero-order valence-electron chi connectivity index (χ0n) is 25.3. The predicted molar refractivity (Wildman–Crippen MR) is 192 cm³/mol. The maximum absolute atomic E-state index is 6.21. The van der Waals surface area contributed by atoms with Crippen molar-refractivity contribution in [1.29, 1.82) is 0 Å². The van der Waals surface area contributed by atoms with Crippen molar-refractivity contribution in [2.75, 3.05) is 0 Å². The van der Waals surface area contributed by atoms with Gasteiger partial charge in [-0.3, -0.25) is 0 Å². The molecule has 2 heterocycles. The lowest BCUT2D eigenvalue weighted by atomic mass is 9.99. The Kier molecular flexibility index (Phi) is 6.43. The maximum atomic E-state index is 6.21. The fourth-order valence-electron chi connectivity index (χ4n) is 6.34. The van der Waals surface area contributed by atoms with Gasteiger partial charge in [-0.25, -0.2) is 15.0 Å². The van der Waals surface area contributed by atoms with Crippen molar-refractivity contribution in [3.63, 3.8) is 0 Å². The van der Waals surface area contributed by atoms with Crippen LogP contribution in [-0.2, 0) is 0 Å². The third kappa shape index (κ3) is 4.93. The Morgan fingerprint density at radius 2 is 0.872 bits per heavy atom. The first-order valence-corrected chi connectivity index (χ1v) is 15.7. The van der Waals surface area contributed by atoms with E-state index in [2.05, 4.69) is 127 Å². The zero-order chi connectivity index (χ0) is 31.2. The molecule has 0 atom stereocenters. The second-order valence-corrected chi connectivity index (χ2v) is 11.7. The van der Waals surface area contributed by atoms with Crippen LogP contribution in [0.4, 0.5) is 0 Å². The van der Waals surface area contributed by atoms with Crippen LogP contribution in [0, 0.1) is 0 Å². The molecular formula is C43H27N3O. The van der Waals surface area contributed by atoms with Crippen molar-refractivity contribution in [2.24, 2.45) is 0 Å². The Balaban J connectivity index is 1.16. The van der Waals surface area contributed by atoms with Crippen LogP contribution >= 0.6 is 0 Å². The molecule has 0 unspecified atom stereocenters. The van der Waals surface area contributed by atoms with Gasteiger partial charge in [-0.15, -0.1) is 0 Å². The maximum Gasteiger partial charge on any atom is 0.164 e. The lowest BCUT2D eigenvalue weighted by Crippen LogP contribution is -2.00. The minimum atomic E-state index is 0.607. The number of furan rings is 1. The van der Waals surface area contributed by atoms with Crippen LogP contribution in [0.1, 0.15) is 0 Å². The third-order valence-electron chi connectivity index (χ3n) is 8.75. The van der Waals surface area contributed by atoms with Gasteiger partial charge < -0.3 is 4.42 Å². The number of nitrogens with zero attached hydrogens (tertiary/aromatic N) is 3. The Labute approximate surface area is 271 Å². The molecule has 7 aromatic carbocycles.